The number of ether oxygens (including phenoxy) is 1. The molecular weight excluding hydrogens is 401 g/mol. The molecule has 0 saturated carbocycles. The molecule has 2 aromatic rings. The van der Waals surface area contributed by atoms with Crippen molar-refractivity contribution in [2.24, 2.45) is 5.73 Å². The standard InChI is InChI=1S/C15H13BrFN3O3S/c16-7-1-2-10(9(17)5-7)19-15(22)20-14-12(13(18)21)8-3-4-23-6-11(8)24-14/h1-2,5H,3-4,6H2,(H2,18,21)(H2,19,20,22). The van der Waals surface area contributed by atoms with Crippen molar-refractivity contribution in [3.8, 4) is 0 Å². The Morgan fingerprint density at radius 1 is 1.33 bits per heavy atom. The second-order valence-corrected chi connectivity index (χ2v) is 7.10. The van der Waals surface area contributed by atoms with Crippen LogP contribution in [0.15, 0.2) is 22.7 Å². The van der Waals surface area contributed by atoms with Gasteiger partial charge in [-0.15, -0.1) is 11.3 Å². The molecule has 1 aliphatic rings. The second-order valence-electron chi connectivity index (χ2n) is 5.08. The maximum atomic E-state index is 13.8. The average Bonchev–Trinajstić information content (AvgIpc) is 2.87. The topological polar surface area (TPSA) is 93.5 Å². The molecule has 3 rings (SSSR count). The van der Waals surface area contributed by atoms with Gasteiger partial charge in [-0.3, -0.25) is 10.1 Å². The van der Waals surface area contributed by atoms with Crippen molar-refractivity contribution in [3.05, 3.63) is 44.5 Å². The number of hydrogen-bond acceptors (Lipinski definition) is 4. The second kappa shape index (κ2) is 6.88. The molecule has 9 heteroatoms. The maximum absolute atomic E-state index is 13.8. The average molecular weight is 414 g/mol. The molecule has 0 bridgehead atoms. The summed E-state index contributed by atoms with van der Waals surface area (Å²) in [5, 5.41) is 5.32. The Morgan fingerprint density at radius 3 is 2.83 bits per heavy atom. The number of fused-ring (bicyclic) bond motifs is 1. The number of thiophene rings is 1. The number of hydrogen-bond donors (Lipinski definition) is 3. The van der Waals surface area contributed by atoms with Gasteiger partial charge in [0.25, 0.3) is 5.91 Å². The van der Waals surface area contributed by atoms with Crippen LogP contribution in [0.25, 0.3) is 0 Å². The normalized spacial score (nSPS) is 13.2. The first-order valence-electron chi connectivity index (χ1n) is 7.01. The smallest absolute Gasteiger partial charge is 0.324 e. The summed E-state index contributed by atoms with van der Waals surface area (Å²) < 4.78 is 19.7. The number of carbonyl (C=O) groups excluding carboxylic acids is 2. The van der Waals surface area contributed by atoms with Crippen LogP contribution in [0, 0.1) is 5.82 Å². The van der Waals surface area contributed by atoms with Crippen molar-refractivity contribution >= 4 is 49.9 Å². The summed E-state index contributed by atoms with van der Waals surface area (Å²) in [4.78, 5) is 24.7. The van der Waals surface area contributed by atoms with Gasteiger partial charge in [-0.1, -0.05) is 15.9 Å². The third-order valence-electron chi connectivity index (χ3n) is 3.47. The number of nitrogens with two attached hydrogens (primary N) is 1. The molecule has 24 heavy (non-hydrogen) atoms. The molecule has 0 aliphatic carbocycles. The highest BCUT2D eigenvalue weighted by atomic mass is 79.9. The largest absolute Gasteiger partial charge is 0.376 e. The number of nitrogens with one attached hydrogen (secondary N) is 2. The zero-order chi connectivity index (χ0) is 17.3. The van der Waals surface area contributed by atoms with E-state index in [1.807, 2.05) is 0 Å². The lowest BCUT2D eigenvalue weighted by Crippen LogP contribution is -2.22. The summed E-state index contributed by atoms with van der Waals surface area (Å²) in [7, 11) is 0. The zero-order valence-electron chi connectivity index (χ0n) is 12.3. The SMILES string of the molecule is NC(=O)c1c(NC(=O)Nc2ccc(Br)cc2F)sc2c1CCOC2. The Bertz CT molecular complexity index is 825. The Morgan fingerprint density at radius 2 is 2.12 bits per heavy atom. The van der Waals surface area contributed by atoms with Crippen LogP contribution < -0.4 is 16.4 Å². The highest BCUT2D eigenvalue weighted by Gasteiger charge is 2.25. The Balaban J connectivity index is 1.81. The molecule has 0 unspecified atom stereocenters. The predicted molar refractivity (Wildman–Crippen MR) is 92.9 cm³/mol. The number of anilines is 2. The van der Waals surface area contributed by atoms with E-state index in [-0.39, 0.29) is 5.69 Å². The molecule has 126 valence electrons. The minimum Gasteiger partial charge on any atom is -0.376 e. The number of amides is 3. The third kappa shape index (κ3) is 3.42. The molecule has 2 heterocycles. The molecule has 0 radical (unpaired) electrons. The van der Waals surface area contributed by atoms with E-state index >= 15 is 0 Å². The molecular formula is C15H13BrFN3O3S. The first-order chi connectivity index (χ1) is 11.5. The van der Waals surface area contributed by atoms with Crippen LogP contribution in [-0.2, 0) is 17.8 Å². The molecule has 1 aromatic carbocycles. The van der Waals surface area contributed by atoms with Crippen LogP contribution in [0.2, 0.25) is 0 Å². The van der Waals surface area contributed by atoms with E-state index in [9.17, 15) is 14.0 Å². The van der Waals surface area contributed by atoms with Gasteiger partial charge in [-0.05, 0) is 30.2 Å². The van der Waals surface area contributed by atoms with Gasteiger partial charge >= 0.3 is 6.03 Å². The quantitative estimate of drug-likeness (QED) is 0.718. The first kappa shape index (κ1) is 16.9. The van der Waals surface area contributed by atoms with Crippen molar-refractivity contribution in [1.82, 2.24) is 0 Å². The van der Waals surface area contributed by atoms with Crippen LogP contribution in [0.4, 0.5) is 19.9 Å². The van der Waals surface area contributed by atoms with Gasteiger partial charge in [0.05, 0.1) is 24.5 Å². The summed E-state index contributed by atoms with van der Waals surface area (Å²) in [6.07, 6.45) is 0.564. The highest BCUT2D eigenvalue weighted by Crippen LogP contribution is 2.36. The van der Waals surface area contributed by atoms with Gasteiger partial charge in [0.1, 0.15) is 10.8 Å². The van der Waals surface area contributed by atoms with Gasteiger partial charge in [0.15, 0.2) is 0 Å². The number of carbonyl (C=O) groups is 2. The third-order valence-corrected chi connectivity index (χ3v) is 5.09. The molecule has 0 fully saturated rings. The monoisotopic (exact) mass is 413 g/mol. The van der Waals surface area contributed by atoms with Crippen LogP contribution >= 0.6 is 27.3 Å². The lowest BCUT2D eigenvalue weighted by Gasteiger charge is -2.12. The van der Waals surface area contributed by atoms with Crippen molar-refractivity contribution in [2.75, 3.05) is 17.2 Å². The number of urea groups is 1. The van der Waals surface area contributed by atoms with Gasteiger partial charge in [0, 0.05) is 9.35 Å². The minimum absolute atomic E-state index is 0.0287. The Hall–Kier alpha value is -1.97. The van der Waals surface area contributed by atoms with Crippen LogP contribution in [0.5, 0.6) is 0 Å². The molecule has 0 spiro atoms. The highest BCUT2D eigenvalue weighted by molar-refractivity contribution is 9.10. The molecule has 3 amide bonds. The Labute approximate surface area is 149 Å². The van der Waals surface area contributed by atoms with Crippen molar-refractivity contribution in [2.45, 2.75) is 13.0 Å². The first-order valence-corrected chi connectivity index (χ1v) is 8.62. The predicted octanol–water partition coefficient (Wildman–Crippen LogP) is 3.47. The van der Waals surface area contributed by atoms with Crippen LogP contribution in [0.3, 0.4) is 0 Å². The van der Waals surface area contributed by atoms with Gasteiger partial charge in [-0.25, -0.2) is 9.18 Å². The van der Waals surface area contributed by atoms with Crippen LogP contribution in [-0.4, -0.2) is 18.5 Å². The summed E-state index contributed by atoms with van der Waals surface area (Å²) in [6.45, 7) is 0.880. The molecule has 1 aliphatic heterocycles. The minimum atomic E-state index is -0.654. The summed E-state index contributed by atoms with van der Waals surface area (Å²) >= 11 is 4.38. The zero-order valence-corrected chi connectivity index (χ0v) is 14.7. The van der Waals surface area contributed by atoms with Gasteiger partial charge in [-0.2, -0.15) is 0 Å². The van der Waals surface area contributed by atoms with Crippen molar-refractivity contribution in [3.63, 3.8) is 0 Å². The lowest BCUT2D eigenvalue weighted by molar-refractivity contribution is 0.0991. The van der Waals surface area contributed by atoms with E-state index < -0.39 is 17.8 Å². The fraction of sp³-hybridized carbons (Fsp3) is 0.200. The number of benzene rings is 1. The van der Waals surface area contributed by atoms with E-state index in [0.717, 1.165) is 10.4 Å². The molecule has 0 atom stereocenters. The van der Waals surface area contributed by atoms with E-state index in [2.05, 4.69) is 26.6 Å². The number of rotatable bonds is 3. The fourth-order valence-corrected chi connectivity index (χ4v) is 3.95. The van der Waals surface area contributed by atoms with Crippen molar-refractivity contribution < 1.29 is 18.7 Å². The summed E-state index contributed by atoms with van der Waals surface area (Å²) in [5.74, 6) is -1.19. The molecule has 1 aromatic heterocycles. The molecule has 0 saturated heterocycles. The van der Waals surface area contributed by atoms with Gasteiger partial charge in [0.2, 0.25) is 0 Å². The van der Waals surface area contributed by atoms with E-state index in [0.29, 0.717) is 34.7 Å². The maximum Gasteiger partial charge on any atom is 0.324 e. The lowest BCUT2D eigenvalue weighted by atomic mass is 10.1. The summed E-state index contributed by atoms with van der Waals surface area (Å²) in [6, 6.07) is 3.62. The van der Waals surface area contributed by atoms with Crippen LogP contribution in [0.1, 0.15) is 20.8 Å². The van der Waals surface area contributed by atoms with Crippen molar-refractivity contribution in [1.29, 1.82) is 0 Å². The summed E-state index contributed by atoms with van der Waals surface area (Å²) in [5.41, 5.74) is 6.58. The molecule has 6 nitrogen and oxygen atoms in total. The molecule has 4 N–H and O–H groups in total. The number of primary amides is 1. The Kier molecular flexibility index (Phi) is 4.83. The van der Waals surface area contributed by atoms with E-state index in [1.165, 1.54) is 23.5 Å². The number of halogens is 2. The van der Waals surface area contributed by atoms with E-state index in [4.69, 9.17) is 10.5 Å². The fourth-order valence-electron chi connectivity index (χ4n) is 2.43. The van der Waals surface area contributed by atoms with Gasteiger partial charge < -0.3 is 15.8 Å². The van der Waals surface area contributed by atoms with E-state index in [1.54, 1.807) is 6.07 Å².